The van der Waals surface area contributed by atoms with Crippen molar-refractivity contribution in [3.8, 4) is 5.75 Å². The van der Waals surface area contributed by atoms with E-state index in [0.717, 1.165) is 5.75 Å². The van der Waals surface area contributed by atoms with E-state index in [1.807, 2.05) is 6.07 Å². The zero-order valence-electron chi connectivity index (χ0n) is 11.0. The monoisotopic (exact) mass is 233 g/mol. The summed E-state index contributed by atoms with van der Waals surface area (Å²) in [6, 6.07) is 8.56. The highest BCUT2D eigenvalue weighted by molar-refractivity contribution is 5.31. The van der Waals surface area contributed by atoms with E-state index in [1.165, 1.54) is 44.5 Å². The van der Waals surface area contributed by atoms with Gasteiger partial charge in [0.1, 0.15) is 5.75 Å². The van der Waals surface area contributed by atoms with Gasteiger partial charge in [-0.1, -0.05) is 19.1 Å². The standard InChI is InChI=1S/C15H23NO/c1-3-9-16-10-5-7-14(12-16)13-6-4-8-15(11-13)17-2/h4,6,8,11,14H,3,5,7,9-10,12H2,1-2H3/t14-/m0/s1. The van der Waals surface area contributed by atoms with E-state index in [9.17, 15) is 0 Å². The molecule has 1 aromatic rings. The summed E-state index contributed by atoms with van der Waals surface area (Å²) < 4.78 is 5.31. The van der Waals surface area contributed by atoms with Gasteiger partial charge in [-0.3, -0.25) is 0 Å². The van der Waals surface area contributed by atoms with Crippen LogP contribution in [0.2, 0.25) is 0 Å². The summed E-state index contributed by atoms with van der Waals surface area (Å²) in [7, 11) is 1.74. The van der Waals surface area contributed by atoms with Gasteiger partial charge in [-0.2, -0.15) is 0 Å². The molecule has 1 atom stereocenters. The molecule has 0 aromatic heterocycles. The number of piperidine rings is 1. The number of ether oxygens (including phenoxy) is 1. The van der Waals surface area contributed by atoms with Crippen LogP contribution in [0.4, 0.5) is 0 Å². The minimum Gasteiger partial charge on any atom is -0.497 e. The molecule has 0 amide bonds. The Morgan fingerprint density at radius 3 is 3.06 bits per heavy atom. The van der Waals surface area contributed by atoms with Crippen LogP contribution in [0.3, 0.4) is 0 Å². The molecule has 0 radical (unpaired) electrons. The fraction of sp³-hybridized carbons (Fsp3) is 0.600. The van der Waals surface area contributed by atoms with Crippen LogP contribution in [0.25, 0.3) is 0 Å². The molecule has 1 saturated heterocycles. The minimum absolute atomic E-state index is 0.686. The minimum atomic E-state index is 0.686. The lowest BCUT2D eigenvalue weighted by Crippen LogP contribution is -2.34. The van der Waals surface area contributed by atoms with Gasteiger partial charge in [0.25, 0.3) is 0 Å². The SMILES string of the molecule is CCCN1CCC[C@H](c2cccc(OC)c2)C1. The number of hydrogen-bond donors (Lipinski definition) is 0. The maximum Gasteiger partial charge on any atom is 0.119 e. The van der Waals surface area contributed by atoms with Crippen LogP contribution in [-0.2, 0) is 0 Å². The number of nitrogens with zero attached hydrogens (tertiary/aromatic N) is 1. The first kappa shape index (κ1) is 12.4. The fourth-order valence-electron chi connectivity index (χ4n) is 2.74. The third-order valence-electron chi connectivity index (χ3n) is 3.61. The molecule has 1 heterocycles. The molecule has 94 valence electrons. The number of hydrogen-bond acceptors (Lipinski definition) is 2. The normalized spacial score (nSPS) is 21.4. The highest BCUT2D eigenvalue weighted by Crippen LogP contribution is 2.28. The van der Waals surface area contributed by atoms with Crippen LogP contribution in [-0.4, -0.2) is 31.6 Å². The Morgan fingerprint density at radius 1 is 1.41 bits per heavy atom. The third-order valence-corrected chi connectivity index (χ3v) is 3.61. The van der Waals surface area contributed by atoms with Crippen LogP contribution >= 0.6 is 0 Å². The lowest BCUT2D eigenvalue weighted by atomic mass is 9.90. The molecule has 2 rings (SSSR count). The van der Waals surface area contributed by atoms with E-state index in [-0.39, 0.29) is 0 Å². The van der Waals surface area contributed by atoms with Crippen molar-refractivity contribution in [2.45, 2.75) is 32.1 Å². The van der Waals surface area contributed by atoms with Gasteiger partial charge in [0.05, 0.1) is 7.11 Å². The van der Waals surface area contributed by atoms with Crippen molar-refractivity contribution in [3.63, 3.8) is 0 Å². The van der Waals surface area contributed by atoms with Crippen molar-refractivity contribution in [1.29, 1.82) is 0 Å². The van der Waals surface area contributed by atoms with E-state index in [1.54, 1.807) is 7.11 Å². The smallest absolute Gasteiger partial charge is 0.119 e. The Labute approximate surface area is 105 Å². The number of benzene rings is 1. The zero-order chi connectivity index (χ0) is 12.1. The lowest BCUT2D eigenvalue weighted by Gasteiger charge is -2.32. The molecule has 2 heteroatoms. The van der Waals surface area contributed by atoms with Crippen molar-refractivity contribution < 1.29 is 4.74 Å². The van der Waals surface area contributed by atoms with E-state index >= 15 is 0 Å². The second-order valence-electron chi connectivity index (χ2n) is 4.92. The molecule has 0 aliphatic carbocycles. The number of rotatable bonds is 4. The molecule has 1 fully saturated rings. The summed E-state index contributed by atoms with van der Waals surface area (Å²) in [5.41, 5.74) is 1.44. The van der Waals surface area contributed by atoms with Crippen LogP contribution in [0.1, 0.15) is 37.7 Å². The van der Waals surface area contributed by atoms with Gasteiger partial charge in [-0.15, -0.1) is 0 Å². The van der Waals surface area contributed by atoms with Gasteiger partial charge in [0.15, 0.2) is 0 Å². The molecule has 0 unspecified atom stereocenters. The van der Waals surface area contributed by atoms with Gasteiger partial charge < -0.3 is 9.64 Å². The molecule has 0 bridgehead atoms. The summed E-state index contributed by atoms with van der Waals surface area (Å²) in [5, 5.41) is 0. The second-order valence-corrected chi connectivity index (χ2v) is 4.92. The van der Waals surface area contributed by atoms with Crippen LogP contribution in [0.15, 0.2) is 24.3 Å². The molecule has 17 heavy (non-hydrogen) atoms. The fourth-order valence-corrected chi connectivity index (χ4v) is 2.74. The predicted octanol–water partition coefficient (Wildman–Crippen LogP) is 3.28. The summed E-state index contributed by atoms with van der Waals surface area (Å²) >= 11 is 0. The Kier molecular flexibility index (Phi) is 4.43. The second kappa shape index (κ2) is 6.06. The number of methoxy groups -OCH3 is 1. The molecule has 0 spiro atoms. The van der Waals surface area contributed by atoms with Gasteiger partial charge in [0, 0.05) is 6.54 Å². The Bertz CT molecular complexity index is 349. The topological polar surface area (TPSA) is 12.5 Å². The molecule has 1 aliphatic rings. The Hall–Kier alpha value is -1.02. The van der Waals surface area contributed by atoms with Crippen molar-refractivity contribution in [1.82, 2.24) is 4.90 Å². The molecule has 0 N–H and O–H groups in total. The molecule has 2 nitrogen and oxygen atoms in total. The van der Waals surface area contributed by atoms with Crippen LogP contribution in [0.5, 0.6) is 5.75 Å². The highest BCUT2D eigenvalue weighted by Gasteiger charge is 2.20. The maximum atomic E-state index is 5.31. The predicted molar refractivity (Wildman–Crippen MR) is 71.7 cm³/mol. The first-order valence-corrected chi connectivity index (χ1v) is 6.69. The molecule has 0 saturated carbocycles. The van der Waals surface area contributed by atoms with Crippen molar-refractivity contribution in [2.75, 3.05) is 26.7 Å². The van der Waals surface area contributed by atoms with Gasteiger partial charge in [-0.05, 0) is 56.0 Å². The Balaban J connectivity index is 2.05. The Morgan fingerprint density at radius 2 is 2.29 bits per heavy atom. The maximum absolute atomic E-state index is 5.31. The number of likely N-dealkylation sites (tertiary alicyclic amines) is 1. The summed E-state index contributed by atoms with van der Waals surface area (Å²) in [6.07, 6.45) is 3.89. The average molecular weight is 233 g/mol. The molecular weight excluding hydrogens is 210 g/mol. The van der Waals surface area contributed by atoms with Gasteiger partial charge >= 0.3 is 0 Å². The van der Waals surface area contributed by atoms with Crippen molar-refractivity contribution >= 4 is 0 Å². The lowest BCUT2D eigenvalue weighted by molar-refractivity contribution is 0.208. The summed E-state index contributed by atoms with van der Waals surface area (Å²) in [6.45, 7) is 5.98. The van der Waals surface area contributed by atoms with Gasteiger partial charge in [0.2, 0.25) is 0 Å². The van der Waals surface area contributed by atoms with Crippen molar-refractivity contribution in [3.05, 3.63) is 29.8 Å². The van der Waals surface area contributed by atoms with Crippen LogP contribution in [0, 0.1) is 0 Å². The summed E-state index contributed by atoms with van der Waals surface area (Å²) in [4.78, 5) is 2.59. The largest absolute Gasteiger partial charge is 0.497 e. The van der Waals surface area contributed by atoms with Gasteiger partial charge in [-0.25, -0.2) is 0 Å². The van der Waals surface area contributed by atoms with E-state index < -0.39 is 0 Å². The van der Waals surface area contributed by atoms with E-state index in [2.05, 4.69) is 30.0 Å². The third kappa shape index (κ3) is 3.22. The molecule has 1 aromatic carbocycles. The quantitative estimate of drug-likeness (QED) is 0.791. The summed E-state index contributed by atoms with van der Waals surface area (Å²) in [5.74, 6) is 1.67. The van der Waals surface area contributed by atoms with E-state index in [0.29, 0.717) is 5.92 Å². The average Bonchev–Trinajstić information content (AvgIpc) is 2.40. The zero-order valence-corrected chi connectivity index (χ0v) is 11.0. The molecular formula is C15H23NO. The molecule has 1 aliphatic heterocycles. The van der Waals surface area contributed by atoms with Crippen LogP contribution < -0.4 is 4.74 Å². The highest BCUT2D eigenvalue weighted by atomic mass is 16.5. The first-order valence-electron chi connectivity index (χ1n) is 6.69. The van der Waals surface area contributed by atoms with Crippen molar-refractivity contribution in [2.24, 2.45) is 0 Å². The van der Waals surface area contributed by atoms with E-state index in [4.69, 9.17) is 4.74 Å². The first-order chi connectivity index (χ1) is 8.33.